The molecule has 0 aliphatic heterocycles. The van der Waals surface area contributed by atoms with E-state index in [1.165, 1.54) is 11.3 Å². The molecule has 1 aromatic heterocycles. The van der Waals surface area contributed by atoms with Gasteiger partial charge in [0.15, 0.2) is 0 Å². The van der Waals surface area contributed by atoms with Gasteiger partial charge in [0.05, 0.1) is 4.88 Å². The van der Waals surface area contributed by atoms with E-state index in [0.717, 1.165) is 4.88 Å². The number of thiophene rings is 1. The van der Waals surface area contributed by atoms with Gasteiger partial charge in [-0.15, -0.1) is 11.3 Å². The summed E-state index contributed by atoms with van der Waals surface area (Å²) in [5.41, 5.74) is 7.40. The van der Waals surface area contributed by atoms with Crippen LogP contribution in [0.3, 0.4) is 0 Å². The Labute approximate surface area is 68.2 Å². The summed E-state index contributed by atoms with van der Waals surface area (Å²) in [4.78, 5) is 12.4. The maximum Gasteiger partial charge on any atom is 0.275 e. The Morgan fingerprint density at radius 3 is 2.82 bits per heavy atom. The lowest BCUT2D eigenvalue weighted by Gasteiger charge is -1.91. The number of amides is 1. The summed E-state index contributed by atoms with van der Waals surface area (Å²) in [6.07, 6.45) is 0. The number of hydrazine groups is 1. The zero-order valence-electron chi connectivity index (χ0n) is 5.83. The minimum absolute atomic E-state index is 0.269. The first-order chi connectivity index (χ1) is 5.27. The molecule has 1 aromatic rings. The number of nitrogen functional groups attached to an aromatic ring is 1. The van der Waals surface area contributed by atoms with Gasteiger partial charge in [-0.3, -0.25) is 10.2 Å². The van der Waals surface area contributed by atoms with Crippen LogP contribution in [0.25, 0.3) is 0 Å². The number of carbonyl (C=O) groups excluding carboxylic acids is 1. The predicted octanol–water partition coefficient (Wildman–Crippen LogP) is -0.190. The van der Waals surface area contributed by atoms with Crippen LogP contribution in [0.4, 0.5) is 0 Å². The topological polar surface area (TPSA) is 81.1 Å². The van der Waals surface area contributed by atoms with E-state index in [0.29, 0.717) is 11.4 Å². The maximum absolute atomic E-state index is 10.9. The van der Waals surface area contributed by atoms with E-state index in [2.05, 4.69) is 0 Å². The third kappa shape index (κ3) is 1.76. The van der Waals surface area contributed by atoms with Crippen LogP contribution in [-0.4, -0.2) is 5.91 Å². The van der Waals surface area contributed by atoms with E-state index in [9.17, 15) is 4.79 Å². The monoisotopic (exact) mass is 171 g/mol. The molecule has 11 heavy (non-hydrogen) atoms. The Morgan fingerprint density at radius 2 is 2.36 bits per heavy atom. The lowest BCUT2D eigenvalue weighted by atomic mass is 10.4. The largest absolute Gasteiger partial charge is 0.326 e. The number of hydrogen-bond donors (Lipinski definition) is 3. The van der Waals surface area contributed by atoms with Gasteiger partial charge >= 0.3 is 0 Å². The van der Waals surface area contributed by atoms with Gasteiger partial charge < -0.3 is 5.73 Å². The van der Waals surface area contributed by atoms with Gasteiger partial charge in [0.1, 0.15) is 0 Å². The number of nitrogens with two attached hydrogens (primary N) is 2. The van der Waals surface area contributed by atoms with Crippen LogP contribution in [-0.2, 0) is 6.54 Å². The fourth-order valence-electron chi connectivity index (χ4n) is 0.681. The highest BCUT2D eigenvalue weighted by Crippen LogP contribution is 2.14. The maximum atomic E-state index is 10.9. The standard InChI is InChI=1S/C6H9N3OS/c7-3-4-1-2-5(11-4)6(10)9-8/h1-2H,3,7-8H2,(H,9,10). The van der Waals surface area contributed by atoms with E-state index in [-0.39, 0.29) is 5.91 Å². The molecule has 0 unspecified atom stereocenters. The van der Waals surface area contributed by atoms with Gasteiger partial charge in [0, 0.05) is 11.4 Å². The Balaban J connectivity index is 2.80. The van der Waals surface area contributed by atoms with E-state index < -0.39 is 0 Å². The van der Waals surface area contributed by atoms with Crippen molar-refractivity contribution in [2.75, 3.05) is 0 Å². The predicted molar refractivity (Wildman–Crippen MR) is 43.9 cm³/mol. The van der Waals surface area contributed by atoms with Crippen molar-refractivity contribution < 1.29 is 4.79 Å². The fraction of sp³-hybridized carbons (Fsp3) is 0.167. The zero-order valence-corrected chi connectivity index (χ0v) is 6.65. The van der Waals surface area contributed by atoms with E-state index in [1.807, 2.05) is 11.5 Å². The summed E-state index contributed by atoms with van der Waals surface area (Å²) in [7, 11) is 0. The molecule has 0 aromatic carbocycles. The molecule has 0 saturated carbocycles. The first-order valence-electron chi connectivity index (χ1n) is 3.07. The Morgan fingerprint density at radius 1 is 1.64 bits per heavy atom. The summed E-state index contributed by atoms with van der Waals surface area (Å²) in [5.74, 6) is 4.66. The summed E-state index contributed by atoms with van der Waals surface area (Å²) >= 11 is 1.35. The number of rotatable bonds is 2. The SMILES string of the molecule is NCc1ccc(C(=O)NN)s1. The van der Waals surface area contributed by atoms with Crippen LogP contribution in [0.15, 0.2) is 12.1 Å². The summed E-state index contributed by atoms with van der Waals surface area (Å²) in [6.45, 7) is 0.461. The summed E-state index contributed by atoms with van der Waals surface area (Å²) in [6, 6.07) is 3.52. The van der Waals surface area contributed by atoms with Crippen molar-refractivity contribution in [2.45, 2.75) is 6.54 Å². The number of nitrogens with one attached hydrogen (secondary N) is 1. The molecular weight excluding hydrogens is 162 g/mol. The molecule has 0 aliphatic carbocycles. The van der Waals surface area contributed by atoms with Crippen molar-refractivity contribution in [3.05, 3.63) is 21.9 Å². The molecule has 0 saturated heterocycles. The van der Waals surface area contributed by atoms with Crippen LogP contribution < -0.4 is 17.0 Å². The van der Waals surface area contributed by atoms with Gasteiger partial charge in [0.25, 0.3) is 5.91 Å². The molecule has 1 amide bonds. The molecule has 0 radical (unpaired) electrons. The molecule has 1 heterocycles. The second kappa shape index (κ2) is 3.47. The Bertz CT molecular complexity index is 258. The minimum Gasteiger partial charge on any atom is -0.326 e. The molecular formula is C6H9N3OS. The quantitative estimate of drug-likeness (QED) is 0.328. The average molecular weight is 171 g/mol. The van der Waals surface area contributed by atoms with E-state index in [1.54, 1.807) is 6.07 Å². The van der Waals surface area contributed by atoms with Crippen molar-refractivity contribution >= 4 is 17.2 Å². The zero-order chi connectivity index (χ0) is 8.27. The lowest BCUT2D eigenvalue weighted by Crippen LogP contribution is -2.29. The third-order valence-electron chi connectivity index (χ3n) is 1.22. The van der Waals surface area contributed by atoms with Gasteiger partial charge in [-0.1, -0.05) is 0 Å². The normalized spacial score (nSPS) is 9.64. The molecule has 4 nitrogen and oxygen atoms in total. The highest BCUT2D eigenvalue weighted by molar-refractivity contribution is 7.14. The molecule has 1 rings (SSSR count). The Kier molecular flexibility index (Phi) is 2.58. The lowest BCUT2D eigenvalue weighted by molar-refractivity contribution is 0.0957. The molecule has 0 spiro atoms. The van der Waals surface area contributed by atoms with Crippen LogP contribution in [0.5, 0.6) is 0 Å². The molecule has 0 fully saturated rings. The molecule has 0 bridgehead atoms. The summed E-state index contributed by atoms with van der Waals surface area (Å²) in [5, 5.41) is 0. The van der Waals surface area contributed by atoms with Crippen LogP contribution in [0.2, 0.25) is 0 Å². The fourth-order valence-corrected chi connectivity index (χ4v) is 1.47. The first-order valence-corrected chi connectivity index (χ1v) is 3.89. The van der Waals surface area contributed by atoms with Crippen molar-refractivity contribution in [1.82, 2.24) is 5.43 Å². The molecule has 0 aliphatic rings. The molecule has 0 atom stereocenters. The molecule has 5 heteroatoms. The van der Waals surface area contributed by atoms with Crippen molar-refractivity contribution in [3.8, 4) is 0 Å². The van der Waals surface area contributed by atoms with Crippen LogP contribution in [0.1, 0.15) is 14.5 Å². The smallest absolute Gasteiger partial charge is 0.275 e. The minimum atomic E-state index is -0.269. The van der Waals surface area contributed by atoms with E-state index in [4.69, 9.17) is 11.6 Å². The third-order valence-corrected chi connectivity index (χ3v) is 2.32. The van der Waals surface area contributed by atoms with Gasteiger partial charge in [0.2, 0.25) is 0 Å². The van der Waals surface area contributed by atoms with E-state index >= 15 is 0 Å². The second-order valence-corrected chi connectivity index (χ2v) is 3.11. The van der Waals surface area contributed by atoms with Crippen LogP contribution >= 0.6 is 11.3 Å². The average Bonchev–Trinajstić information content (AvgIpc) is 2.50. The van der Waals surface area contributed by atoms with Crippen molar-refractivity contribution in [1.29, 1.82) is 0 Å². The highest BCUT2D eigenvalue weighted by Gasteiger charge is 2.05. The summed E-state index contributed by atoms with van der Waals surface area (Å²) < 4.78 is 0. The molecule has 5 N–H and O–H groups in total. The van der Waals surface area contributed by atoms with Crippen molar-refractivity contribution in [3.63, 3.8) is 0 Å². The number of carbonyl (C=O) groups is 1. The highest BCUT2D eigenvalue weighted by atomic mass is 32.1. The van der Waals surface area contributed by atoms with Crippen LogP contribution in [0, 0.1) is 0 Å². The van der Waals surface area contributed by atoms with Gasteiger partial charge in [-0.2, -0.15) is 0 Å². The Hall–Kier alpha value is -0.910. The second-order valence-electron chi connectivity index (χ2n) is 1.94. The number of hydrogen-bond acceptors (Lipinski definition) is 4. The van der Waals surface area contributed by atoms with Crippen molar-refractivity contribution in [2.24, 2.45) is 11.6 Å². The molecule has 60 valence electrons. The van der Waals surface area contributed by atoms with Gasteiger partial charge in [-0.05, 0) is 12.1 Å². The van der Waals surface area contributed by atoms with Gasteiger partial charge in [-0.25, -0.2) is 5.84 Å². The first kappa shape index (κ1) is 8.19.